The van der Waals surface area contributed by atoms with Crippen LogP contribution in [0.1, 0.15) is 106 Å². The maximum atomic E-state index is 12.8. The highest BCUT2D eigenvalue weighted by Crippen LogP contribution is 2.68. The van der Waals surface area contributed by atoms with Gasteiger partial charge in [0.25, 0.3) is 0 Å². The molecule has 3 fully saturated rings. The molecule has 4 rings (SSSR count). The Hall–Kier alpha value is -0.680. The highest BCUT2D eigenvalue weighted by molar-refractivity contribution is 7.46. The fourth-order valence-electron chi connectivity index (χ4n) is 9.99. The largest absolute Gasteiger partial charge is 0.481 e. The van der Waals surface area contributed by atoms with Crippen LogP contribution >= 0.6 is 7.82 Å². The van der Waals surface area contributed by atoms with Crippen molar-refractivity contribution in [3.8, 4) is 0 Å². The average molecular weight is 539 g/mol. The van der Waals surface area contributed by atoms with Crippen molar-refractivity contribution in [3.05, 3.63) is 12.2 Å². The molecule has 4 aliphatic carbocycles. The highest BCUT2D eigenvalue weighted by Gasteiger charge is 2.62. The molecule has 0 amide bonds. The average Bonchev–Trinajstić information content (AvgIpc) is 2.78. The van der Waals surface area contributed by atoms with Crippen molar-refractivity contribution in [1.29, 1.82) is 0 Å². The lowest BCUT2D eigenvalue weighted by Gasteiger charge is -2.65. The molecule has 0 radical (unpaired) electrons. The van der Waals surface area contributed by atoms with E-state index in [1.54, 1.807) is 0 Å². The van der Waals surface area contributed by atoms with Gasteiger partial charge in [0.05, 0.1) is 11.5 Å². The third-order valence-corrected chi connectivity index (χ3v) is 13.3. The summed E-state index contributed by atoms with van der Waals surface area (Å²) < 4.78 is 17.1. The Morgan fingerprint density at radius 1 is 0.892 bits per heavy atom. The molecule has 0 heterocycles. The van der Waals surface area contributed by atoms with Gasteiger partial charge in [-0.3, -0.25) is 9.32 Å². The van der Waals surface area contributed by atoms with Crippen molar-refractivity contribution in [3.63, 3.8) is 0 Å². The van der Waals surface area contributed by atoms with E-state index in [2.05, 4.69) is 60.6 Å². The van der Waals surface area contributed by atoms with E-state index in [-0.39, 0.29) is 22.2 Å². The second-order valence-corrected chi connectivity index (χ2v) is 15.8. The molecule has 0 spiro atoms. The molecule has 0 aromatic rings. The lowest BCUT2D eigenvalue weighted by Crippen LogP contribution is -2.60. The molecule has 6 nitrogen and oxygen atoms in total. The number of phosphoric ester groups is 1. The van der Waals surface area contributed by atoms with Crippen molar-refractivity contribution in [2.75, 3.05) is 0 Å². The minimum atomic E-state index is -4.56. The minimum absolute atomic E-state index is 0.0262. The number of hydrogen-bond acceptors (Lipinski definition) is 3. The first-order valence-electron chi connectivity index (χ1n) is 14.6. The minimum Gasteiger partial charge on any atom is -0.481 e. The lowest BCUT2D eigenvalue weighted by molar-refractivity contribution is -0.179. The van der Waals surface area contributed by atoms with E-state index < -0.39 is 25.3 Å². The second-order valence-electron chi connectivity index (χ2n) is 14.6. The molecule has 0 saturated heterocycles. The van der Waals surface area contributed by atoms with Gasteiger partial charge in [-0.15, -0.1) is 0 Å². The van der Waals surface area contributed by atoms with Gasteiger partial charge in [-0.2, -0.15) is 0 Å². The van der Waals surface area contributed by atoms with Gasteiger partial charge in [-0.05, 0) is 110 Å². The Bertz CT molecular complexity index is 956. The molecule has 3 saturated carbocycles. The molecule has 0 aromatic heterocycles. The van der Waals surface area contributed by atoms with Gasteiger partial charge in [-0.25, -0.2) is 4.57 Å². The molecule has 7 heteroatoms. The summed E-state index contributed by atoms with van der Waals surface area (Å²) in [4.78, 5) is 32.0. The first-order valence-corrected chi connectivity index (χ1v) is 16.2. The Morgan fingerprint density at radius 2 is 1.51 bits per heavy atom. The molecule has 10 atom stereocenters. The predicted octanol–water partition coefficient (Wildman–Crippen LogP) is 7.45. The summed E-state index contributed by atoms with van der Waals surface area (Å²) in [6.45, 7) is 16.0. The number of carbonyl (C=O) groups is 1. The van der Waals surface area contributed by atoms with Crippen molar-refractivity contribution in [1.82, 2.24) is 0 Å². The standard InChI is InChI=1S/C30H51O6P/c1-19-11-17-30(26(31)32)18-12-20(2)28(6)15-13-23-27(4,5)25(36-37(33,34)35)14-16-29(23,7)24(28)10-8-9-22(30)21(19)3/h8-9,19-25H,10-18H2,1-7H3,(H,31,32)(H2,33,34,35)/b9-8+/t19-,20-,21+,22-,23+,24+,25?,28+,29+,30+/m1/s1. The summed E-state index contributed by atoms with van der Waals surface area (Å²) in [6, 6.07) is 0. The summed E-state index contributed by atoms with van der Waals surface area (Å²) in [7, 11) is -4.56. The van der Waals surface area contributed by atoms with Crippen LogP contribution in [0.25, 0.3) is 0 Å². The number of fused-ring (bicyclic) bond motifs is 4. The number of aliphatic carboxylic acids is 1. The molecule has 4 aliphatic rings. The molecule has 3 N–H and O–H groups in total. The Morgan fingerprint density at radius 3 is 2.14 bits per heavy atom. The van der Waals surface area contributed by atoms with Crippen LogP contribution in [-0.4, -0.2) is 27.0 Å². The van der Waals surface area contributed by atoms with Crippen molar-refractivity contribution in [2.45, 2.75) is 112 Å². The van der Waals surface area contributed by atoms with E-state index in [4.69, 9.17) is 4.52 Å². The first kappa shape index (κ1) is 29.3. The fraction of sp³-hybridized carbons (Fsp3) is 0.900. The summed E-state index contributed by atoms with van der Waals surface area (Å²) >= 11 is 0. The van der Waals surface area contributed by atoms with Crippen LogP contribution in [0.3, 0.4) is 0 Å². The van der Waals surface area contributed by atoms with Crippen LogP contribution < -0.4 is 0 Å². The molecule has 212 valence electrons. The Balaban J connectivity index is 1.72. The fourth-order valence-corrected chi connectivity index (χ4v) is 10.7. The number of phosphoric acid groups is 1. The second kappa shape index (κ2) is 9.75. The van der Waals surface area contributed by atoms with Crippen LogP contribution in [-0.2, 0) is 13.9 Å². The van der Waals surface area contributed by atoms with E-state index in [9.17, 15) is 24.3 Å². The van der Waals surface area contributed by atoms with Crippen molar-refractivity contribution >= 4 is 13.8 Å². The van der Waals surface area contributed by atoms with Gasteiger partial charge >= 0.3 is 13.8 Å². The van der Waals surface area contributed by atoms with Gasteiger partial charge in [0.1, 0.15) is 0 Å². The summed E-state index contributed by atoms with van der Waals surface area (Å²) in [6.07, 6.45) is 12.1. The van der Waals surface area contributed by atoms with E-state index in [0.717, 1.165) is 51.4 Å². The zero-order valence-corrected chi connectivity index (χ0v) is 25.0. The smallest absolute Gasteiger partial charge is 0.469 e. The monoisotopic (exact) mass is 538 g/mol. The van der Waals surface area contributed by atoms with Crippen molar-refractivity contribution in [2.24, 2.45) is 57.2 Å². The first-order chi connectivity index (χ1) is 17.0. The van der Waals surface area contributed by atoms with Crippen LogP contribution in [0.15, 0.2) is 12.2 Å². The van der Waals surface area contributed by atoms with Crippen LogP contribution in [0.4, 0.5) is 0 Å². The number of hydrogen-bond donors (Lipinski definition) is 3. The third kappa shape index (κ3) is 4.81. The van der Waals surface area contributed by atoms with E-state index in [0.29, 0.717) is 36.0 Å². The summed E-state index contributed by atoms with van der Waals surface area (Å²) in [5.74, 6) is 1.44. The predicted molar refractivity (Wildman–Crippen MR) is 146 cm³/mol. The van der Waals surface area contributed by atoms with Gasteiger partial charge in [0.15, 0.2) is 0 Å². The van der Waals surface area contributed by atoms with Crippen LogP contribution in [0.2, 0.25) is 0 Å². The quantitative estimate of drug-likeness (QED) is 0.255. The molecular formula is C30H51O6P. The number of allylic oxidation sites excluding steroid dienone is 2. The zero-order valence-electron chi connectivity index (χ0n) is 24.1. The number of carboxylic acid groups (broad SMARTS) is 1. The van der Waals surface area contributed by atoms with Gasteiger partial charge in [-0.1, -0.05) is 60.6 Å². The normalized spacial score (nSPS) is 49.2. The van der Waals surface area contributed by atoms with E-state index in [1.807, 2.05) is 0 Å². The molecule has 37 heavy (non-hydrogen) atoms. The number of rotatable bonds is 3. The number of carboxylic acids is 1. The van der Waals surface area contributed by atoms with E-state index in [1.165, 1.54) is 0 Å². The van der Waals surface area contributed by atoms with Gasteiger partial charge in [0.2, 0.25) is 0 Å². The molecule has 0 bridgehead atoms. The van der Waals surface area contributed by atoms with Crippen molar-refractivity contribution < 1.29 is 28.8 Å². The molecular weight excluding hydrogens is 487 g/mol. The molecule has 1 unspecified atom stereocenters. The molecule has 0 aliphatic heterocycles. The van der Waals surface area contributed by atoms with Crippen LogP contribution in [0, 0.1) is 57.2 Å². The highest BCUT2D eigenvalue weighted by atomic mass is 31.2. The summed E-state index contributed by atoms with van der Waals surface area (Å²) in [5, 5.41) is 10.5. The Labute approximate surface area is 224 Å². The maximum absolute atomic E-state index is 12.8. The SMILES string of the molecule is C[C@H]1[C@H](C)CC[C@]2(C(=O)O)CC[C@@H](C)[C@]3(C)CC[C@H]4C(C)(C)C(OP(=O)(O)O)CC[C@]4(C)[C@H]3C/C=C/[C@H]12. The summed E-state index contributed by atoms with van der Waals surface area (Å²) in [5.41, 5.74) is -0.897. The maximum Gasteiger partial charge on any atom is 0.469 e. The Kier molecular flexibility index (Phi) is 7.72. The third-order valence-electron chi connectivity index (χ3n) is 12.7. The van der Waals surface area contributed by atoms with E-state index >= 15 is 0 Å². The van der Waals surface area contributed by atoms with Crippen LogP contribution in [0.5, 0.6) is 0 Å². The zero-order chi connectivity index (χ0) is 27.6. The van der Waals surface area contributed by atoms with Gasteiger partial charge in [0, 0.05) is 0 Å². The lowest BCUT2D eigenvalue weighted by atomic mass is 9.40. The van der Waals surface area contributed by atoms with Gasteiger partial charge < -0.3 is 14.9 Å². The molecule has 0 aromatic carbocycles. The topological polar surface area (TPSA) is 104 Å².